The Morgan fingerprint density at radius 2 is 2.08 bits per heavy atom. The number of ether oxygens (including phenoxy) is 2. The van der Waals surface area contributed by atoms with Gasteiger partial charge in [0, 0.05) is 38.9 Å². The van der Waals surface area contributed by atoms with Crippen LogP contribution in [0.4, 0.5) is 4.39 Å². The van der Waals surface area contributed by atoms with E-state index in [-0.39, 0.29) is 30.8 Å². The average molecular weight is 364 g/mol. The van der Waals surface area contributed by atoms with Crippen LogP contribution in [0.5, 0.6) is 5.75 Å². The van der Waals surface area contributed by atoms with Crippen LogP contribution in [0.2, 0.25) is 0 Å². The Balaban J connectivity index is 1.73. The lowest BCUT2D eigenvalue weighted by Crippen LogP contribution is -2.50. The molecule has 0 N–H and O–H groups in total. The minimum absolute atomic E-state index is 0.0127. The number of amides is 2. The number of benzene rings is 1. The summed E-state index contributed by atoms with van der Waals surface area (Å²) >= 11 is 0. The maximum Gasteiger partial charge on any atom is 0.248 e. The van der Waals surface area contributed by atoms with Crippen molar-refractivity contribution >= 4 is 11.8 Å². The van der Waals surface area contributed by atoms with Gasteiger partial charge in [-0.25, -0.2) is 4.39 Å². The van der Waals surface area contributed by atoms with Crippen molar-refractivity contribution in [2.45, 2.75) is 25.8 Å². The molecule has 142 valence electrons. The van der Waals surface area contributed by atoms with E-state index in [1.165, 1.54) is 20.3 Å². The Kier molecular flexibility index (Phi) is 5.46. The van der Waals surface area contributed by atoms with Crippen molar-refractivity contribution in [2.75, 3.05) is 40.5 Å². The van der Waals surface area contributed by atoms with E-state index < -0.39 is 5.41 Å². The summed E-state index contributed by atoms with van der Waals surface area (Å²) in [5, 5.41) is 0. The maximum absolute atomic E-state index is 14.1. The van der Waals surface area contributed by atoms with Crippen molar-refractivity contribution in [2.24, 2.45) is 5.41 Å². The lowest BCUT2D eigenvalue weighted by molar-refractivity contribution is -0.147. The van der Waals surface area contributed by atoms with Gasteiger partial charge in [0.1, 0.15) is 18.2 Å². The summed E-state index contributed by atoms with van der Waals surface area (Å²) < 4.78 is 24.2. The van der Waals surface area contributed by atoms with Gasteiger partial charge in [-0.3, -0.25) is 9.59 Å². The van der Waals surface area contributed by atoms with Crippen molar-refractivity contribution in [1.29, 1.82) is 0 Å². The van der Waals surface area contributed by atoms with Gasteiger partial charge in [0.2, 0.25) is 11.8 Å². The van der Waals surface area contributed by atoms with Gasteiger partial charge in [-0.2, -0.15) is 0 Å². The molecule has 0 aromatic heterocycles. The first-order valence-corrected chi connectivity index (χ1v) is 8.87. The topological polar surface area (TPSA) is 59.1 Å². The zero-order valence-corrected chi connectivity index (χ0v) is 15.3. The molecular formula is C19H25FN2O4. The Morgan fingerprint density at radius 3 is 2.81 bits per heavy atom. The molecule has 2 amide bonds. The monoisotopic (exact) mass is 364 g/mol. The molecule has 3 rings (SSSR count). The van der Waals surface area contributed by atoms with Crippen LogP contribution >= 0.6 is 0 Å². The van der Waals surface area contributed by atoms with E-state index >= 15 is 0 Å². The molecule has 2 aliphatic heterocycles. The number of nitrogens with zero attached hydrogens (tertiary/aromatic N) is 2. The van der Waals surface area contributed by atoms with Crippen molar-refractivity contribution in [1.82, 2.24) is 9.80 Å². The fraction of sp³-hybridized carbons (Fsp3) is 0.579. The summed E-state index contributed by atoms with van der Waals surface area (Å²) in [5.74, 6) is 0.145. The second-order valence-corrected chi connectivity index (χ2v) is 7.07. The standard InChI is InChI=1S/C19H25FN2O4/c1-25-12-17(23)22-9-7-19(13-22)6-3-8-21(18(19)24)11-14-10-15(26-2)4-5-16(14)20/h4-5,10H,3,6-9,11-13H2,1-2H3/t19-/m0/s1. The van der Waals surface area contributed by atoms with E-state index in [1.54, 1.807) is 21.9 Å². The fourth-order valence-corrected chi connectivity index (χ4v) is 3.99. The summed E-state index contributed by atoms with van der Waals surface area (Å²) in [4.78, 5) is 28.6. The van der Waals surface area contributed by atoms with E-state index in [4.69, 9.17) is 9.47 Å². The van der Waals surface area contributed by atoms with Gasteiger partial charge in [0.15, 0.2) is 0 Å². The number of carbonyl (C=O) groups is 2. The summed E-state index contributed by atoms with van der Waals surface area (Å²) in [6.07, 6.45) is 2.27. The van der Waals surface area contributed by atoms with Crippen molar-refractivity contribution < 1.29 is 23.5 Å². The van der Waals surface area contributed by atoms with Crippen molar-refractivity contribution in [3.05, 3.63) is 29.6 Å². The van der Waals surface area contributed by atoms with Crippen molar-refractivity contribution in [3.63, 3.8) is 0 Å². The molecule has 0 radical (unpaired) electrons. The van der Waals surface area contributed by atoms with Gasteiger partial charge >= 0.3 is 0 Å². The molecule has 0 saturated carbocycles. The van der Waals surface area contributed by atoms with Gasteiger partial charge < -0.3 is 19.3 Å². The van der Waals surface area contributed by atoms with E-state index in [1.807, 2.05) is 0 Å². The number of methoxy groups -OCH3 is 2. The zero-order chi connectivity index (χ0) is 18.7. The molecular weight excluding hydrogens is 339 g/mol. The Hall–Kier alpha value is -2.15. The number of rotatable bonds is 5. The normalized spacial score (nSPS) is 23.0. The first kappa shape index (κ1) is 18.6. The Morgan fingerprint density at radius 1 is 1.27 bits per heavy atom. The maximum atomic E-state index is 14.1. The number of halogens is 1. The first-order valence-electron chi connectivity index (χ1n) is 8.87. The molecule has 6 nitrogen and oxygen atoms in total. The second kappa shape index (κ2) is 7.61. The van der Waals surface area contributed by atoms with Crippen LogP contribution in [-0.4, -0.2) is 62.1 Å². The number of carbonyl (C=O) groups excluding carboxylic acids is 2. The number of hydrogen-bond acceptors (Lipinski definition) is 4. The third-order valence-electron chi connectivity index (χ3n) is 5.41. The first-order chi connectivity index (χ1) is 12.5. The van der Waals surface area contributed by atoms with Gasteiger partial charge in [-0.15, -0.1) is 0 Å². The van der Waals surface area contributed by atoms with Crippen LogP contribution < -0.4 is 4.74 Å². The highest BCUT2D eigenvalue weighted by Crippen LogP contribution is 2.40. The molecule has 1 atom stereocenters. The van der Waals surface area contributed by atoms with E-state index in [2.05, 4.69) is 0 Å². The van der Waals surface area contributed by atoms with Crippen LogP contribution in [0.15, 0.2) is 18.2 Å². The molecule has 26 heavy (non-hydrogen) atoms. The third-order valence-corrected chi connectivity index (χ3v) is 5.41. The molecule has 2 heterocycles. The Labute approximate surface area is 152 Å². The predicted octanol–water partition coefficient (Wildman–Crippen LogP) is 1.82. The highest BCUT2D eigenvalue weighted by Gasteiger charge is 2.49. The molecule has 1 aromatic carbocycles. The Bertz CT molecular complexity index is 696. The van der Waals surface area contributed by atoms with Crippen LogP contribution in [0.25, 0.3) is 0 Å². The largest absolute Gasteiger partial charge is 0.497 e. The van der Waals surface area contributed by atoms with Gasteiger partial charge in [0.05, 0.1) is 12.5 Å². The zero-order valence-electron chi connectivity index (χ0n) is 15.3. The summed E-state index contributed by atoms with van der Waals surface area (Å²) in [6, 6.07) is 4.56. The van der Waals surface area contributed by atoms with Crippen LogP contribution in [0.1, 0.15) is 24.8 Å². The molecule has 7 heteroatoms. The molecule has 1 aromatic rings. The number of hydrogen-bond donors (Lipinski definition) is 0. The minimum atomic E-state index is -0.545. The minimum Gasteiger partial charge on any atom is -0.497 e. The van der Waals surface area contributed by atoms with E-state index in [0.717, 1.165) is 12.8 Å². The lowest BCUT2D eigenvalue weighted by atomic mass is 9.78. The molecule has 0 aliphatic carbocycles. The number of piperidine rings is 1. The van der Waals surface area contributed by atoms with Crippen LogP contribution in [0.3, 0.4) is 0 Å². The van der Waals surface area contributed by atoms with E-state index in [0.29, 0.717) is 37.4 Å². The van der Waals surface area contributed by atoms with Gasteiger partial charge in [0.25, 0.3) is 0 Å². The van der Waals surface area contributed by atoms with Gasteiger partial charge in [-0.1, -0.05) is 0 Å². The third kappa shape index (κ3) is 3.53. The average Bonchev–Trinajstić information content (AvgIpc) is 3.06. The molecule has 2 fully saturated rings. The summed E-state index contributed by atoms with van der Waals surface area (Å²) in [5.41, 5.74) is -0.100. The highest BCUT2D eigenvalue weighted by atomic mass is 19.1. The molecule has 1 spiro atoms. The predicted molar refractivity (Wildman–Crippen MR) is 93.1 cm³/mol. The molecule has 2 aliphatic rings. The van der Waals surface area contributed by atoms with E-state index in [9.17, 15) is 14.0 Å². The fourth-order valence-electron chi connectivity index (χ4n) is 3.99. The SMILES string of the molecule is COCC(=O)N1CC[C@@]2(CCCN(Cc3cc(OC)ccc3F)C2=O)C1. The summed E-state index contributed by atoms with van der Waals surface area (Å²) in [6.45, 7) is 1.84. The lowest BCUT2D eigenvalue weighted by Gasteiger charge is -2.39. The second-order valence-electron chi connectivity index (χ2n) is 7.07. The van der Waals surface area contributed by atoms with Gasteiger partial charge in [-0.05, 0) is 37.5 Å². The van der Waals surface area contributed by atoms with Crippen LogP contribution in [-0.2, 0) is 20.9 Å². The smallest absolute Gasteiger partial charge is 0.248 e. The quantitative estimate of drug-likeness (QED) is 0.800. The molecule has 0 unspecified atom stereocenters. The van der Waals surface area contributed by atoms with Crippen molar-refractivity contribution in [3.8, 4) is 5.75 Å². The molecule has 0 bridgehead atoms. The molecule has 2 saturated heterocycles. The number of likely N-dealkylation sites (tertiary alicyclic amines) is 2. The highest BCUT2D eigenvalue weighted by molar-refractivity contribution is 5.86. The summed E-state index contributed by atoms with van der Waals surface area (Å²) in [7, 11) is 3.02. The van der Waals surface area contributed by atoms with Crippen LogP contribution in [0, 0.1) is 11.2 Å².